The van der Waals surface area contributed by atoms with Crippen LogP contribution >= 0.6 is 0 Å². The fourth-order valence-electron chi connectivity index (χ4n) is 2.57. The molecule has 2 rings (SSSR count). The van der Waals surface area contributed by atoms with Gasteiger partial charge in [0.05, 0.1) is 19.1 Å². The van der Waals surface area contributed by atoms with Crippen molar-refractivity contribution in [3.8, 4) is 0 Å². The lowest BCUT2D eigenvalue weighted by atomic mass is 9.79. The predicted molar refractivity (Wildman–Crippen MR) is 47.4 cm³/mol. The van der Waals surface area contributed by atoms with Gasteiger partial charge in [-0.05, 0) is 18.8 Å². The standard InChI is InChI=1S/C10H16O3/c11-10(12)9(8-5-13-6-8)7-3-1-2-4-7/h7-9H,1-6H2,(H,11,12). The van der Waals surface area contributed by atoms with Crippen molar-refractivity contribution < 1.29 is 14.6 Å². The Morgan fingerprint density at radius 2 is 1.85 bits per heavy atom. The molecule has 1 atom stereocenters. The van der Waals surface area contributed by atoms with Crippen LogP contribution in [0.5, 0.6) is 0 Å². The van der Waals surface area contributed by atoms with Gasteiger partial charge in [0.25, 0.3) is 0 Å². The van der Waals surface area contributed by atoms with Gasteiger partial charge >= 0.3 is 5.97 Å². The molecule has 2 aliphatic rings. The number of carbonyl (C=O) groups is 1. The van der Waals surface area contributed by atoms with Gasteiger partial charge in [-0.1, -0.05) is 12.8 Å². The van der Waals surface area contributed by atoms with Crippen LogP contribution in [-0.2, 0) is 9.53 Å². The molecule has 0 aromatic carbocycles. The van der Waals surface area contributed by atoms with E-state index in [4.69, 9.17) is 9.84 Å². The number of ether oxygens (including phenoxy) is 1. The van der Waals surface area contributed by atoms with E-state index in [0.717, 1.165) is 12.8 Å². The summed E-state index contributed by atoms with van der Waals surface area (Å²) in [4.78, 5) is 11.1. The molecule has 2 fully saturated rings. The summed E-state index contributed by atoms with van der Waals surface area (Å²) in [6.07, 6.45) is 4.63. The van der Waals surface area contributed by atoms with Crippen molar-refractivity contribution in [2.24, 2.45) is 17.8 Å². The van der Waals surface area contributed by atoms with Gasteiger partial charge in [-0.2, -0.15) is 0 Å². The zero-order chi connectivity index (χ0) is 9.26. The zero-order valence-electron chi connectivity index (χ0n) is 7.74. The molecule has 1 saturated heterocycles. The molecule has 1 aliphatic carbocycles. The lowest BCUT2D eigenvalue weighted by Gasteiger charge is -2.34. The summed E-state index contributed by atoms with van der Waals surface area (Å²) in [6.45, 7) is 1.32. The van der Waals surface area contributed by atoms with E-state index in [1.54, 1.807) is 0 Å². The smallest absolute Gasteiger partial charge is 0.307 e. The summed E-state index contributed by atoms with van der Waals surface area (Å²) in [5.74, 6) is -0.0246. The Bertz CT molecular complexity index is 192. The first-order chi connectivity index (χ1) is 6.29. The second-order valence-corrected chi connectivity index (χ2v) is 4.21. The first-order valence-corrected chi connectivity index (χ1v) is 5.09. The molecule has 0 spiro atoms. The fourth-order valence-corrected chi connectivity index (χ4v) is 2.57. The molecular weight excluding hydrogens is 168 g/mol. The van der Waals surface area contributed by atoms with Crippen LogP contribution in [0.15, 0.2) is 0 Å². The minimum Gasteiger partial charge on any atom is -0.481 e. The average molecular weight is 184 g/mol. The maximum atomic E-state index is 11.1. The van der Waals surface area contributed by atoms with Gasteiger partial charge in [0.1, 0.15) is 0 Å². The van der Waals surface area contributed by atoms with Crippen LogP contribution in [0, 0.1) is 17.8 Å². The van der Waals surface area contributed by atoms with E-state index in [1.165, 1.54) is 12.8 Å². The maximum absolute atomic E-state index is 11.1. The van der Waals surface area contributed by atoms with Gasteiger partial charge in [0, 0.05) is 5.92 Å². The molecule has 1 saturated carbocycles. The molecule has 0 aromatic rings. The van der Waals surface area contributed by atoms with Crippen LogP contribution in [0.25, 0.3) is 0 Å². The minimum absolute atomic E-state index is 0.128. The SMILES string of the molecule is O=C(O)C(C1CCCC1)C1COC1. The third kappa shape index (κ3) is 1.70. The molecule has 74 valence electrons. The number of carboxylic acids is 1. The zero-order valence-corrected chi connectivity index (χ0v) is 7.74. The van der Waals surface area contributed by atoms with Crippen molar-refractivity contribution in [2.75, 3.05) is 13.2 Å². The highest BCUT2D eigenvalue weighted by Gasteiger charge is 2.40. The molecule has 0 aromatic heterocycles. The normalized spacial score (nSPS) is 27.1. The Hall–Kier alpha value is -0.570. The Morgan fingerprint density at radius 3 is 2.23 bits per heavy atom. The topological polar surface area (TPSA) is 46.5 Å². The number of hydrogen-bond donors (Lipinski definition) is 1. The highest BCUT2D eigenvalue weighted by atomic mass is 16.5. The summed E-state index contributed by atoms with van der Waals surface area (Å²) in [6, 6.07) is 0. The number of hydrogen-bond acceptors (Lipinski definition) is 2. The quantitative estimate of drug-likeness (QED) is 0.723. The Kier molecular flexibility index (Phi) is 2.54. The molecule has 1 heterocycles. The van der Waals surface area contributed by atoms with Crippen molar-refractivity contribution in [3.05, 3.63) is 0 Å². The van der Waals surface area contributed by atoms with Gasteiger partial charge < -0.3 is 9.84 Å². The molecule has 3 nitrogen and oxygen atoms in total. The summed E-state index contributed by atoms with van der Waals surface area (Å²) in [5.41, 5.74) is 0. The molecule has 0 amide bonds. The average Bonchev–Trinajstić information content (AvgIpc) is 2.46. The molecular formula is C10H16O3. The summed E-state index contributed by atoms with van der Waals surface area (Å²) >= 11 is 0. The van der Waals surface area contributed by atoms with Gasteiger partial charge in [-0.15, -0.1) is 0 Å². The molecule has 13 heavy (non-hydrogen) atoms. The Labute approximate surface area is 78.1 Å². The fraction of sp³-hybridized carbons (Fsp3) is 0.900. The van der Waals surface area contributed by atoms with Crippen molar-refractivity contribution in [1.29, 1.82) is 0 Å². The van der Waals surface area contributed by atoms with E-state index in [-0.39, 0.29) is 5.92 Å². The van der Waals surface area contributed by atoms with Gasteiger partial charge in [0.2, 0.25) is 0 Å². The van der Waals surface area contributed by atoms with Crippen LogP contribution < -0.4 is 0 Å². The van der Waals surface area contributed by atoms with Crippen molar-refractivity contribution in [2.45, 2.75) is 25.7 Å². The summed E-state index contributed by atoms with van der Waals surface area (Å²) in [7, 11) is 0. The van der Waals surface area contributed by atoms with Gasteiger partial charge in [0.15, 0.2) is 0 Å². The Balaban J connectivity index is 1.98. The van der Waals surface area contributed by atoms with Crippen LogP contribution in [0.1, 0.15) is 25.7 Å². The van der Waals surface area contributed by atoms with E-state index in [9.17, 15) is 4.79 Å². The van der Waals surface area contributed by atoms with Gasteiger partial charge in [-0.25, -0.2) is 0 Å². The van der Waals surface area contributed by atoms with Crippen LogP contribution in [0.2, 0.25) is 0 Å². The summed E-state index contributed by atoms with van der Waals surface area (Å²) < 4.78 is 5.06. The number of aliphatic carboxylic acids is 1. The number of rotatable bonds is 3. The monoisotopic (exact) mass is 184 g/mol. The van der Waals surface area contributed by atoms with E-state index in [1.807, 2.05) is 0 Å². The molecule has 1 N–H and O–H groups in total. The van der Waals surface area contributed by atoms with E-state index in [0.29, 0.717) is 25.0 Å². The van der Waals surface area contributed by atoms with Crippen LogP contribution in [-0.4, -0.2) is 24.3 Å². The highest BCUT2D eigenvalue weighted by molar-refractivity contribution is 5.71. The molecule has 3 heteroatoms. The third-order valence-corrected chi connectivity index (χ3v) is 3.36. The van der Waals surface area contributed by atoms with Crippen molar-refractivity contribution in [3.63, 3.8) is 0 Å². The van der Waals surface area contributed by atoms with E-state index >= 15 is 0 Å². The van der Waals surface area contributed by atoms with E-state index in [2.05, 4.69) is 0 Å². The number of carboxylic acid groups (broad SMARTS) is 1. The molecule has 1 aliphatic heterocycles. The maximum Gasteiger partial charge on any atom is 0.307 e. The lowest BCUT2D eigenvalue weighted by Crippen LogP contribution is -2.41. The first-order valence-electron chi connectivity index (χ1n) is 5.09. The summed E-state index contributed by atoms with van der Waals surface area (Å²) in [5, 5.41) is 9.11. The minimum atomic E-state index is -0.611. The van der Waals surface area contributed by atoms with Crippen LogP contribution in [0.4, 0.5) is 0 Å². The first kappa shape index (κ1) is 9.00. The largest absolute Gasteiger partial charge is 0.481 e. The molecule has 0 bridgehead atoms. The second kappa shape index (κ2) is 3.66. The highest BCUT2D eigenvalue weighted by Crippen LogP contribution is 2.37. The van der Waals surface area contributed by atoms with Crippen LogP contribution in [0.3, 0.4) is 0 Å². The van der Waals surface area contributed by atoms with E-state index < -0.39 is 5.97 Å². The predicted octanol–water partition coefficient (Wildman–Crippen LogP) is 1.52. The van der Waals surface area contributed by atoms with Crippen molar-refractivity contribution >= 4 is 5.97 Å². The Morgan fingerprint density at radius 1 is 1.23 bits per heavy atom. The second-order valence-electron chi connectivity index (χ2n) is 4.21. The van der Waals surface area contributed by atoms with Crippen molar-refractivity contribution in [1.82, 2.24) is 0 Å². The van der Waals surface area contributed by atoms with Gasteiger partial charge in [-0.3, -0.25) is 4.79 Å². The molecule has 0 radical (unpaired) electrons. The molecule has 1 unspecified atom stereocenters. The lowest BCUT2D eigenvalue weighted by molar-refractivity contribution is -0.156. The third-order valence-electron chi connectivity index (χ3n) is 3.36.